The van der Waals surface area contributed by atoms with Crippen molar-refractivity contribution in [3.63, 3.8) is 0 Å². The molecule has 0 aliphatic carbocycles. The van der Waals surface area contributed by atoms with Crippen LogP contribution in [0.25, 0.3) is 11.0 Å². The molecule has 0 aliphatic rings. The van der Waals surface area contributed by atoms with Crippen LogP contribution >= 0.6 is 0 Å². The number of pyridine rings is 3. The highest BCUT2D eigenvalue weighted by atomic mass is 19.3. The highest BCUT2D eigenvalue weighted by molar-refractivity contribution is 6.06. The van der Waals surface area contributed by atoms with Crippen LogP contribution in [0, 0.1) is 11.6 Å². The van der Waals surface area contributed by atoms with Crippen molar-refractivity contribution < 1.29 is 36.6 Å². The zero-order valence-electron chi connectivity index (χ0n) is 18.7. The molecule has 1 N–H and O–H groups in total. The number of alkyl halides is 2. The molecule has 186 valence electrons. The first-order chi connectivity index (χ1) is 17.4. The Balaban J connectivity index is 1.54. The third-order valence-corrected chi connectivity index (χ3v) is 4.83. The van der Waals surface area contributed by atoms with Crippen molar-refractivity contribution in [1.29, 1.82) is 0 Å². The summed E-state index contributed by atoms with van der Waals surface area (Å²) in [7, 11) is 1.37. The molecule has 0 bridgehead atoms. The Bertz CT molecular complexity index is 1380. The van der Waals surface area contributed by atoms with Gasteiger partial charge in [-0.2, -0.15) is 0 Å². The van der Waals surface area contributed by atoms with E-state index in [1.165, 1.54) is 50.1 Å². The van der Waals surface area contributed by atoms with E-state index in [0.717, 1.165) is 12.1 Å². The Morgan fingerprint density at radius 2 is 1.78 bits per heavy atom. The molecule has 3 aromatic heterocycles. The Morgan fingerprint density at radius 3 is 2.50 bits per heavy atom. The number of fused-ring (bicyclic) bond motifs is 1. The second kappa shape index (κ2) is 10.8. The Hall–Kier alpha value is -4.48. The monoisotopic (exact) mass is 502 g/mol. The van der Waals surface area contributed by atoms with E-state index in [1.807, 2.05) is 0 Å². The number of methoxy groups -OCH3 is 1. The summed E-state index contributed by atoms with van der Waals surface area (Å²) < 4.78 is 69.9. The summed E-state index contributed by atoms with van der Waals surface area (Å²) in [5.74, 6) is -3.13. The molecule has 12 heteroatoms. The molecule has 0 unspecified atom stereocenters. The lowest BCUT2D eigenvalue weighted by molar-refractivity contribution is 0.102. The molecule has 36 heavy (non-hydrogen) atoms. The fraction of sp³-hybridized carbons (Fsp3) is 0.167. The van der Waals surface area contributed by atoms with Crippen molar-refractivity contribution in [1.82, 2.24) is 15.0 Å². The van der Waals surface area contributed by atoms with E-state index in [0.29, 0.717) is 0 Å². The topological polar surface area (TPSA) is 95.5 Å². The molecule has 0 saturated heterocycles. The van der Waals surface area contributed by atoms with E-state index in [2.05, 4.69) is 20.3 Å². The van der Waals surface area contributed by atoms with Crippen molar-refractivity contribution in [2.24, 2.45) is 0 Å². The Morgan fingerprint density at radius 1 is 1.03 bits per heavy atom. The molecule has 3 heterocycles. The number of ether oxygens (including phenoxy) is 3. The van der Waals surface area contributed by atoms with Crippen LogP contribution in [0.1, 0.15) is 16.8 Å². The second-order valence-corrected chi connectivity index (χ2v) is 7.28. The summed E-state index contributed by atoms with van der Waals surface area (Å²) in [6.45, 7) is -0.214. The summed E-state index contributed by atoms with van der Waals surface area (Å²) in [5.41, 5.74) is 0.348. The van der Waals surface area contributed by atoms with Crippen LogP contribution in [-0.2, 0) is 0 Å². The van der Waals surface area contributed by atoms with Crippen LogP contribution in [-0.4, -0.2) is 41.0 Å². The lowest BCUT2D eigenvalue weighted by atomic mass is 10.2. The van der Waals surface area contributed by atoms with Gasteiger partial charge in [0.05, 0.1) is 31.0 Å². The van der Waals surface area contributed by atoms with Gasteiger partial charge in [-0.15, -0.1) is 0 Å². The number of hydrogen-bond acceptors (Lipinski definition) is 7. The molecule has 0 radical (unpaired) electrons. The fourth-order valence-electron chi connectivity index (χ4n) is 3.18. The Labute approximate surface area is 201 Å². The summed E-state index contributed by atoms with van der Waals surface area (Å²) in [6.07, 6.45) is 2.34. The molecule has 8 nitrogen and oxygen atoms in total. The maximum Gasteiger partial charge on any atom is 0.261 e. The highest BCUT2D eigenvalue weighted by Crippen LogP contribution is 2.34. The van der Waals surface area contributed by atoms with Gasteiger partial charge in [-0.25, -0.2) is 22.5 Å². The number of nitrogens with one attached hydrogen (secondary N) is 1. The van der Waals surface area contributed by atoms with E-state index in [9.17, 15) is 22.4 Å². The van der Waals surface area contributed by atoms with Crippen molar-refractivity contribution in [3.05, 3.63) is 72.3 Å². The maximum absolute atomic E-state index is 14.8. The van der Waals surface area contributed by atoms with Crippen molar-refractivity contribution >= 4 is 22.6 Å². The van der Waals surface area contributed by atoms with Gasteiger partial charge in [-0.3, -0.25) is 14.8 Å². The van der Waals surface area contributed by atoms with Crippen LogP contribution in [0.3, 0.4) is 0 Å². The van der Waals surface area contributed by atoms with Crippen molar-refractivity contribution in [2.75, 3.05) is 19.0 Å². The number of amides is 1. The summed E-state index contributed by atoms with van der Waals surface area (Å²) in [6, 6.07) is 6.06. The first kappa shape index (κ1) is 24.6. The molecule has 1 amide bonds. The van der Waals surface area contributed by atoms with Gasteiger partial charge in [0.25, 0.3) is 5.91 Å². The lowest BCUT2D eigenvalue weighted by Gasteiger charge is -2.13. The van der Waals surface area contributed by atoms with Gasteiger partial charge in [0, 0.05) is 55.0 Å². The average Bonchev–Trinajstić information content (AvgIpc) is 2.86. The van der Waals surface area contributed by atoms with Crippen LogP contribution in [0.15, 0.2) is 55.1 Å². The smallest absolute Gasteiger partial charge is 0.261 e. The number of halogens is 4. The number of benzene rings is 1. The number of aromatic nitrogens is 3. The molecular weight excluding hydrogens is 484 g/mol. The van der Waals surface area contributed by atoms with Gasteiger partial charge in [0.15, 0.2) is 23.1 Å². The standard InChI is InChI=1S/C24H18F4N4O4/c1-34-19-2-5-29-12-15(19)24(33)32-13-8-16(25)23(17(26)9-13)36-20-3-6-30-18-10-14(11-31-22(18)20)35-7-4-21(27)28/h2-3,5-6,8-12,21H,4,7H2,1H3,(H,32,33). The first-order valence-electron chi connectivity index (χ1n) is 10.5. The van der Waals surface area contributed by atoms with Crippen LogP contribution in [0.4, 0.5) is 23.2 Å². The summed E-state index contributed by atoms with van der Waals surface area (Å²) in [4.78, 5) is 24.6. The molecule has 0 saturated carbocycles. The molecule has 0 spiro atoms. The normalized spacial score (nSPS) is 10.9. The third-order valence-electron chi connectivity index (χ3n) is 4.83. The van der Waals surface area contributed by atoms with Crippen LogP contribution in [0.5, 0.6) is 23.0 Å². The lowest BCUT2D eigenvalue weighted by Crippen LogP contribution is -2.14. The van der Waals surface area contributed by atoms with Gasteiger partial charge in [-0.05, 0) is 6.07 Å². The second-order valence-electron chi connectivity index (χ2n) is 7.28. The summed E-state index contributed by atoms with van der Waals surface area (Å²) in [5, 5.41) is 2.39. The van der Waals surface area contributed by atoms with Gasteiger partial charge in [0.2, 0.25) is 6.43 Å². The SMILES string of the molecule is COc1ccncc1C(=O)Nc1cc(F)c(Oc2ccnc3cc(OCCC(F)F)cnc23)c(F)c1. The van der Waals surface area contributed by atoms with Crippen molar-refractivity contribution in [2.45, 2.75) is 12.8 Å². The highest BCUT2D eigenvalue weighted by Gasteiger charge is 2.19. The molecule has 1 aromatic carbocycles. The van der Waals surface area contributed by atoms with Gasteiger partial charge >= 0.3 is 0 Å². The van der Waals surface area contributed by atoms with Gasteiger partial charge < -0.3 is 19.5 Å². The predicted octanol–water partition coefficient (Wildman–Crippen LogP) is 5.39. The minimum Gasteiger partial charge on any atom is -0.496 e. The van der Waals surface area contributed by atoms with Crippen LogP contribution in [0.2, 0.25) is 0 Å². The molecule has 0 aliphatic heterocycles. The van der Waals surface area contributed by atoms with Crippen molar-refractivity contribution in [3.8, 4) is 23.0 Å². The minimum atomic E-state index is -2.50. The van der Waals surface area contributed by atoms with E-state index >= 15 is 0 Å². The number of nitrogens with zero attached hydrogens (tertiary/aromatic N) is 3. The number of rotatable bonds is 9. The zero-order chi connectivity index (χ0) is 25.7. The molecule has 4 rings (SSSR count). The number of hydrogen-bond donors (Lipinski definition) is 1. The average molecular weight is 502 g/mol. The third kappa shape index (κ3) is 5.59. The van der Waals surface area contributed by atoms with E-state index in [-0.39, 0.29) is 46.1 Å². The van der Waals surface area contributed by atoms with E-state index in [1.54, 1.807) is 0 Å². The molecule has 0 fully saturated rings. The predicted molar refractivity (Wildman–Crippen MR) is 121 cm³/mol. The maximum atomic E-state index is 14.8. The zero-order valence-corrected chi connectivity index (χ0v) is 18.7. The number of carbonyl (C=O) groups is 1. The largest absolute Gasteiger partial charge is 0.496 e. The molecule has 4 aromatic rings. The first-order valence-corrected chi connectivity index (χ1v) is 10.5. The molecular formula is C24H18F4N4O4. The van der Waals surface area contributed by atoms with Gasteiger partial charge in [-0.1, -0.05) is 0 Å². The minimum absolute atomic E-state index is 0.00573. The summed E-state index contributed by atoms with van der Waals surface area (Å²) >= 11 is 0. The number of anilines is 1. The molecule has 0 atom stereocenters. The quantitative estimate of drug-likeness (QED) is 0.307. The fourth-order valence-corrected chi connectivity index (χ4v) is 3.18. The van der Waals surface area contributed by atoms with E-state index < -0.39 is 36.1 Å². The Kier molecular flexibility index (Phi) is 7.42. The van der Waals surface area contributed by atoms with Gasteiger partial charge in [0.1, 0.15) is 17.0 Å². The van der Waals surface area contributed by atoms with E-state index in [4.69, 9.17) is 14.2 Å². The van der Waals surface area contributed by atoms with Crippen LogP contribution < -0.4 is 19.5 Å². The number of carbonyl (C=O) groups excluding carboxylic acids is 1.